The van der Waals surface area contributed by atoms with Crippen LogP contribution in [-0.4, -0.2) is 43.4 Å². The minimum Gasteiger partial charge on any atom is -0.394 e. The number of aliphatic hydroxyl groups is 1. The number of hydrogen-bond acceptors (Lipinski definition) is 4. The molecule has 0 saturated heterocycles. The van der Waals surface area contributed by atoms with Gasteiger partial charge in [0, 0.05) is 13.1 Å². The average molecular weight is 234 g/mol. The van der Waals surface area contributed by atoms with Gasteiger partial charge in [0.15, 0.2) is 0 Å². The molecule has 0 fully saturated rings. The van der Waals surface area contributed by atoms with E-state index in [0.29, 0.717) is 18.8 Å². The highest BCUT2D eigenvalue weighted by molar-refractivity contribution is 5.32. The Kier molecular flexibility index (Phi) is 6.26. The lowest BCUT2D eigenvalue weighted by molar-refractivity contribution is 0.0773. The first-order valence-electron chi connectivity index (χ1n) is 5.62. The van der Waals surface area contributed by atoms with E-state index in [4.69, 9.17) is 15.1 Å². The molecule has 0 saturated carbocycles. The number of ether oxygens (including phenoxy) is 1. The Labute approximate surface area is 102 Å². The predicted octanol–water partition coefficient (Wildman–Crippen LogP) is 0.999. The molecule has 4 heteroatoms. The van der Waals surface area contributed by atoms with Crippen LogP contribution in [0.25, 0.3) is 0 Å². The van der Waals surface area contributed by atoms with Gasteiger partial charge in [-0.3, -0.25) is 4.90 Å². The Morgan fingerprint density at radius 1 is 1.41 bits per heavy atom. The summed E-state index contributed by atoms with van der Waals surface area (Å²) in [6.45, 7) is 2.65. The molecule has 1 aromatic carbocycles. The molecule has 0 aliphatic carbocycles. The maximum Gasteiger partial charge on any atom is 0.0991 e. The van der Waals surface area contributed by atoms with Gasteiger partial charge in [0.2, 0.25) is 0 Å². The minimum absolute atomic E-state index is 0.0634. The topological polar surface area (TPSA) is 56.5 Å². The highest BCUT2D eigenvalue weighted by atomic mass is 16.5. The highest BCUT2D eigenvalue weighted by Crippen LogP contribution is 2.06. The molecule has 0 amide bonds. The van der Waals surface area contributed by atoms with Crippen LogP contribution in [0.1, 0.15) is 11.1 Å². The lowest BCUT2D eigenvalue weighted by Gasteiger charge is -2.16. The molecule has 0 radical (unpaired) electrons. The normalized spacial score (nSPS) is 10.5. The first-order chi connectivity index (χ1) is 8.26. The van der Waals surface area contributed by atoms with E-state index in [1.54, 1.807) is 6.07 Å². The van der Waals surface area contributed by atoms with Crippen LogP contribution in [0.2, 0.25) is 0 Å². The van der Waals surface area contributed by atoms with Gasteiger partial charge in [-0.2, -0.15) is 5.26 Å². The molecule has 4 nitrogen and oxygen atoms in total. The van der Waals surface area contributed by atoms with E-state index in [-0.39, 0.29) is 6.61 Å². The van der Waals surface area contributed by atoms with Crippen molar-refractivity contribution in [1.82, 2.24) is 4.90 Å². The van der Waals surface area contributed by atoms with Gasteiger partial charge in [-0.05, 0) is 24.7 Å². The quantitative estimate of drug-likeness (QED) is 0.715. The van der Waals surface area contributed by atoms with Crippen LogP contribution in [0.15, 0.2) is 24.3 Å². The molecule has 0 aliphatic heterocycles. The molecule has 0 aromatic heterocycles. The summed E-state index contributed by atoms with van der Waals surface area (Å²) >= 11 is 0. The zero-order valence-corrected chi connectivity index (χ0v) is 10.1. The van der Waals surface area contributed by atoms with Crippen LogP contribution in [0.3, 0.4) is 0 Å². The van der Waals surface area contributed by atoms with Crippen LogP contribution < -0.4 is 0 Å². The van der Waals surface area contributed by atoms with Gasteiger partial charge in [-0.15, -0.1) is 0 Å². The Morgan fingerprint density at radius 3 is 2.94 bits per heavy atom. The van der Waals surface area contributed by atoms with E-state index in [0.717, 1.165) is 18.7 Å². The zero-order chi connectivity index (χ0) is 12.5. The fourth-order valence-electron chi connectivity index (χ4n) is 1.52. The van der Waals surface area contributed by atoms with E-state index in [2.05, 4.69) is 11.0 Å². The first-order valence-corrected chi connectivity index (χ1v) is 5.62. The van der Waals surface area contributed by atoms with Gasteiger partial charge in [-0.1, -0.05) is 12.1 Å². The van der Waals surface area contributed by atoms with Crippen molar-refractivity contribution in [2.24, 2.45) is 0 Å². The molecule has 92 valence electrons. The van der Waals surface area contributed by atoms with Crippen molar-refractivity contribution >= 4 is 0 Å². The number of benzene rings is 1. The first kappa shape index (κ1) is 13.7. The Morgan fingerprint density at radius 2 is 2.24 bits per heavy atom. The zero-order valence-electron chi connectivity index (χ0n) is 10.1. The van der Waals surface area contributed by atoms with Crippen molar-refractivity contribution in [2.75, 3.05) is 33.4 Å². The van der Waals surface area contributed by atoms with E-state index in [9.17, 15) is 0 Å². The number of hydrogen-bond donors (Lipinski definition) is 1. The summed E-state index contributed by atoms with van der Waals surface area (Å²) < 4.78 is 5.19. The number of aliphatic hydroxyl groups excluding tert-OH is 1. The molecular weight excluding hydrogens is 216 g/mol. The van der Waals surface area contributed by atoms with Crippen LogP contribution >= 0.6 is 0 Å². The lowest BCUT2D eigenvalue weighted by Crippen LogP contribution is -2.23. The van der Waals surface area contributed by atoms with Gasteiger partial charge in [0.25, 0.3) is 0 Å². The summed E-state index contributed by atoms with van der Waals surface area (Å²) in [5.41, 5.74) is 1.81. The fourth-order valence-corrected chi connectivity index (χ4v) is 1.52. The van der Waals surface area contributed by atoms with Crippen LogP contribution in [0, 0.1) is 11.3 Å². The monoisotopic (exact) mass is 234 g/mol. The van der Waals surface area contributed by atoms with E-state index in [1.807, 2.05) is 25.2 Å². The van der Waals surface area contributed by atoms with Crippen molar-refractivity contribution in [3.05, 3.63) is 35.4 Å². The molecule has 1 N–H and O–H groups in total. The van der Waals surface area contributed by atoms with Crippen LogP contribution in [-0.2, 0) is 11.3 Å². The number of nitrogens with zero attached hydrogens (tertiary/aromatic N) is 2. The molecule has 0 spiro atoms. The van der Waals surface area contributed by atoms with Gasteiger partial charge < -0.3 is 9.84 Å². The highest BCUT2D eigenvalue weighted by Gasteiger charge is 2.01. The van der Waals surface area contributed by atoms with Crippen molar-refractivity contribution in [2.45, 2.75) is 6.54 Å². The standard InChI is InChI=1S/C13H18N2O2/c1-15(5-7-17-8-6-16)11-13-4-2-3-12(9-13)10-14/h2-4,9,16H,5-8,11H2,1H3. The Bertz CT molecular complexity index is 374. The summed E-state index contributed by atoms with van der Waals surface area (Å²) in [7, 11) is 2.00. The SMILES string of the molecule is CN(CCOCCO)Cc1cccc(C#N)c1. The summed E-state index contributed by atoms with van der Waals surface area (Å²) in [5, 5.41) is 17.3. The molecule has 0 unspecified atom stereocenters. The lowest BCUT2D eigenvalue weighted by atomic mass is 10.1. The second-order valence-electron chi connectivity index (χ2n) is 3.89. The van der Waals surface area contributed by atoms with E-state index < -0.39 is 0 Å². The molecule has 1 rings (SSSR count). The number of nitriles is 1. The van der Waals surface area contributed by atoms with Crippen molar-refractivity contribution in [3.63, 3.8) is 0 Å². The van der Waals surface area contributed by atoms with Gasteiger partial charge in [0.1, 0.15) is 0 Å². The maximum atomic E-state index is 8.79. The van der Waals surface area contributed by atoms with Crippen LogP contribution in [0.5, 0.6) is 0 Å². The number of likely N-dealkylation sites (N-methyl/N-ethyl adjacent to an activating group) is 1. The predicted molar refractivity (Wildman–Crippen MR) is 65.4 cm³/mol. The van der Waals surface area contributed by atoms with Gasteiger partial charge in [0.05, 0.1) is 31.5 Å². The Balaban J connectivity index is 2.34. The smallest absolute Gasteiger partial charge is 0.0991 e. The molecule has 0 aliphatic rings. The third-order valence-corrected chi connectivity index (χ3v) is 2.36. The maximum absolute atomic E-state index is 8.79. The number of rotatable bonds is 7. The third-order valence-electron chi connectivity index (χ3n) is 2.36. The van der Waals surface area contributed by atoms with Crippen molar-refractivity contribution in [3.8, 4) is 6.07 Å². The molecular formula is C13H18N2O2. The summed E-state index contributed by atoms with van der Waals surface area (Å²) in [6.07, 6.45) is 0. The summed E-state index contributed by atoms with van der Waals surface area (Å²) in [4.78, 5) is 2.12. The van der Waals surface area contributed by atoms with Crippen LogP contribution in [0.4, 0.5) is 0 Å². The third kappa shape index (κ3) is 5.45. The Hall–Kier alpha value is -1.41. The van der Waals surface area contributed by atoms with E-state index >= 15 is 0 Å². The minimum atomic E-state index is 0.0634. The van der Waals surface area contributed by atoms with Crippen molar-refractivity contribution < 1.29 is 9.84 Å². The molecule has 0 atom stereocenters. The largest absolute Gasteiger partial charge is 0.394 e. The second-order valence-corrected chi connectivity index (χ2v) is 3.89. The van der Waals surface area contributed by atoms with E-state index in [1.165, 1.54) is 0 Å². The summed E-state index contributed by atoms with van der Waals surface area (Å²) in [5.74, 6) is 0. The average Bonchev–Trinajstić information content (AvgIpc) is 2.35. The fraction of sp³-hybridized carbons (Fsp3) is 0.462. The molecule has 1 aromatic rings. The molecule has 0 heterocycles. The van der Waals surface area contributed by atoms with Crippen molar-refractivity contribution in [1.29, 1.82) is 5.26 Å². The van der Waals surface area contributed by atoms with Gasteiger partial charge in [-0.25, -0.2) is 0 Å². The summed E-state index contributed by atoms with van der Waals surface area (Å²) in [6, 6.07) is 9.72. The second kappa shape index (κ2) is 7.80. The van der Waals surface area contributed by atoms with Gasteiger partial charge >= 0.3 is 0 Å². The molecule has 17 heavy (non-hydrogen) atoms. The molecule has 0 bridgehead atoms.